The predicted molar refractivity (Wildman–Crippen MR) is 84.1 cm³/mol. The molecule has 0 aliphatic heterocycles. The molecule has 0 amide bonds. The van der Waals surface area contributed by atoms with Crippen LogP contribution in [-0.2, 0) is 11.3 Å². The average molecular weight is 375 g/mol. The Labute approximate surface area is 134 Å². The van der Waals surface area contributed by atoms with Crippen molar-refractivity contribution in [1.29, 1.82) is 0 Å². The summed E-state index contributed by atoms with van der Waals surface area (Å²) in [5.74, 6) is -0.566. The number of hydrogen-bond donors (Lipinski definition) is 1. The van der Waals surface area contributed by atoms with Crippen LogP contribution in [0.2, 0.25) is 10.0 Å². The molecule has 2 N–H and O–H groups in total. The van der Waals surface area contributed by atoms with Crippen LogP contribution in [0.4, 0.5) is 5.69 Å². The summed E-state index contributed by atoms with van der Waals surface area (Å²) in [4.78, 5) is 12.0. The van der Waals surface area contributed by atoms with Gasteiger partial charge in [-0.2, -0.15) is 0 Å². The van der Waals surface area contributed by atoms with Gasteiger partial charge in [0.1, 0.15) is 6.61 Å². The summed E-state index contributed by atoms with van der Waals surface area (Å²) in [6.45, 7) is 0.140. The summed E-state index contributed by atoms with van der Waals surface area (Å²) in [5, 5.41) is 0.362. The summed E-state index contributed by atoms with van der Waals surface area (Å²) in [6.07, 6.45) is 0. The number of anilines is 1. The normalized spacial score (nSPS) is 10.3. The van der Waals surface area contributed by atoms with E-state index in [2.05, 4.69) is 15.9 Å². The van der Waals surface area contributed by atoms with E-state index in [9.17, 15) is 4.79 Å². The van der Waals surface area contributed by atoms with Gasteiger partial charge < -0.3 is 10.5 Å². The largest absolute Gasteiger partial charge is 0.457 e. The van der Waals surface area contributed by atoms with Crippen LogP contribution in [-0.4, -0.2) is 5.97 Å². The van der Waals surface area contributed by atoms with Crippen LogP contribution in [0.25, 0.3) is 0 Å². The number of benzene rings is 2. The van der Waals surface area contributed by atoms with E-state index in [1.807, 2.05) is 24.3 Å². The van der Waals surface area contributed by atoms with Crippen LogP contribution in [0.3, 0.4) is 0 Å². The van der Waals surface area contributed by atoms with Crippen molar-refractivity contribution in [2.24, 2.45) is 0 Å². The first-order valence-electron chi connectivity index (χ1n) is 5.63. The van der Waals surface area contributed by atoms with Crippen molar-refractivity contribution < 1.29 is 9.53 Å². The molecule has 3 nitrogen and oxygen atoms in total. The highest BCUT2D eigenvalue weighted by Gasteiger charge is 2.15. The Kier molecular flexibility index (Phi) is 4.91. The number of ether oxygens (including phenoxy) is 1. The molecule has 0 radical (unpaired) electrons. The topological polar surface area (TPSA) is 52.3 Å². The van der Waals surface area contributed by atoms with Gasteiger partial charge in [0.25, 0.3) is 0 Å². The molecule has 0 unspecified atom stereocenters. The highest BCUT2D eigenvalue weighted by molar-refractivity contribution is 9.10. The molecule has 0 heterocycles. The Balaban J connectivity index is 2.13. The zero-order valence-electron chi connectivity index (χ0n) is 10.2. The maximum atomic E-state index is 12.0. The van der Waals surface area contributed by atoms with Crippen LogP contribution < -0.4 is 5.73 Å². The van der Waals surface area contributed by atoms with E-state index in [1.54, 1.807) is 0 Å². The van der Waals surface area contributed by atoms with E-state index in [0.717, 1.165) is 10.0 Å². The molecule has 20 heavy (non-hydrogen) atoms. The predicted octanol–water partition coefficient (Wildman–Crippen LogP) is 4.70. The summed E-state index contributed by atoms with van der Waals surface area (Å²) in [5.41, 5.74) is 7.01. The van der Waals surface area contributed by atoms with Gasteiger partial charge >= 0.3 is 5.97 Å². The molecule has 0 aliphatic rings. The van der Waals surface area contributed by atoms with Gasteiger partial charge in [-0.1, -0.05) is 51.3 Å². The Bertz CT molecular complexity index is 662. The number of carbonyl (C=O) groups excluding carboxylic acids is 1. The molecule has 0 saturated heterocycles. The number of rotatable bonds is 3. The molecule has 0 aliphatic carbocycles. The first-order chi connectivity index (χ1) is 9.47. The minimum Gasteiger partial charge on any atom is -0.457 e. The van der Waals surface area contributed by atoms with Gasteiger partial charge in [0, 0.05) is 10.2 Å². The van der Waals surface area contributed by atoms with Gasteiger partial charge in [-0.15, -0.1) is 0 Å². The van der Waals surface area contributed by atoms with Crippen molar-refractivity contribution in [3.63, 3.8) is 0 Å². The smallest absolute Gasteiger partial charge is 0.340 e. The first-order valence-corrected chi connectivity index (χ1v) is 7.18. The lowest BCUT2D eigenvalue weighted by Gasteiger charge is -2.08. The van der Waals surface area contributed by atoms with Gasteiger partial charge in [-0.05, 0) is 29.8 Å². The minimum absolute atomic E-state index is 0.139. The van der Waals surface area contributed by atoms with Crippen molar-refractivity contribution in [1.82, 2.24) is 0 Å². The standard InChI is InChI=1S/C14H10BrCl2NO2/c15-9-3-1-2-8(4-9)7-20-14(19)11-5-10(18)6-12(16)13(11)17/h1-6H,7,18H2. The summed E-state index contributed by atoms with van der Waals surface area (Å²) < 4.78 is 6.11. The van der Waals surface area contributed by atoms with Crippen LogP contribution in [0.5, 0.6) is 0 Å². The molecule has 2 aromatic carbocycles. The fourth-order valence-electron chi connectivity index (χ4n) is 1.61. The van der Waals surface area contributed by atoms with E-state index in [0.29, 0.717) is 5.69 Å². The molecule has 0 fully saturated rings. The second-order valence-corrected chi connectivity index (χ2v) is 5.77. The third-order valence-corrected chi connectivity index (χ3v) is 3.82. The van der Waals surface area contributed by atoms with E-state index in [-0.39, 0.29) is 22.2 Å². The number of nitrogen functional groups attached to an aromatic ring is 1. The van der Waals surface area contributed by atoms with Gasteiger partial charge in [0.2, 0.25) is 0 Å². The molecule has 0 saturated carbocycles. The van der Waals surface area contributed by atoms with Crippen LogP contribution >= 0.6 is 39.1 Å². The molecule has 0 atom stereocenters. The summed E-state index contributed by atoms with van der Waals surface area (Å²) in [6, 6.07) is 10.4. The Morgan fingerprint density at radius 1 is 1.25 bits per heavy atom. The van der Waals surface area contributed by atoms with Crippen LogP contribution in [0.1, 0.15) is 15.9 Å². The molecule has 6 heteroatoms. The number of esters is 1. The SMILES string of the molecule is Nc1cc(Cl)c(Cl)c(C(=O)OCc2cccc(Br)c2)c1. The minimum atomic E-state index is -0.566. The maximum Gasteiger partial charge on any atom is 0.340 e. The Morgan fingerprint density at radius 3 is 2.70 bits per heavy atom. The van der Waals surface area contributed by atoms with Gasteiger partial charge in [0.05, 0.1) is 15.6 Å². The third kappa shape index (κ3) is 3.66. The van der Waals surface area contributed by atoms with Crippen molar-refractivity contribution in [2.75, 3.05) is 5.73 Å². The lowest BCUT2D eigenvalue weighted by molar-refractivity contribution is 0.0473. The Hall–Kier alpha value is -1.23. The van der Waals surface area contributed by atoms with Crippen molar-refractivity contribution >= 4 is 50.8 Å². The van der Waals surface area contributed by atoms with E-state index >= 15 is 0 Å². The van der Waals surface area contributed by atoms with E-state index < -0.39 is 5.97 Å². The van der Waals surface area contributed by atoms with E-state index in [4.69, 9.17) is 33.7 Å². The van der Waals surface area contributed by atoms with Crippen molar-refractivity contribution in [3.05, 3.63) is 62.0 Å². The number of halogens is 3. The highest BCUT2D eigenvalue weighted by atomic mass is 79.9. The molecular weight excluding hydrogens is 365 g/mol. The molecule has 0 bridgehead atoms. The molecule has 2 aromatic rings. The molecular formula is C14H10BrCl2NO2. The Morgan fingerprint density at radius 2 is 2.00 bits per heavy atom. The zero-order valence-corrected chi connectivity index (χ0v) is 13.3. The maximum absolute atomic E-state index is 12.0. The van der Waals surface area contributed by atoms with Crippen molar-refractivity contribution in [3.8, 4) is 0 Å². The molecule has 0 aromatic heterocycles. The molecule has 0 spiro atoms. The second-order valence-electron chi connectivity index (χ2n) is 4.07. The van der Waals surface area contributed by atoms with Crippen molar-refractivity contribution in [2.45, 2.75) is 6.61 Å². The zero-order chi connectivity index (χ0) is 14.7. The quantitative estimate of drug-likeness (QED) is 0.626. The average Bonchev–Trinajstić information content (AvgIpc) is 2.40. The molecule has 2 rings (SSSR count). The van der Waals surface area contributed by atoms with Gasteiger partial charge in [-0.3, -0.25) is 0 Å². The fraction of sp³-hybridized carbons (Fsp3) is 0.0714. The number of carbonyl (C=O) groups is 1. The van der Waals surface area contributed by atoms with Gasteiger partial charge in [-0.25, -0.2) is 4.79 Å². The lowest BCUT2D eigenvalue weighted by Crippen LogP contribution is -2.07. The fourth-order valence-corrected chi connectivity index (χ4v) is 2.47. The van der Waals surface area contributed by atoms with Gasteiger partial charge in [0.15, 0.2) is 0 Å². The number of hydrogen-bond acceptors (Lipinski definition) is 3. The van der Waals surface area contributed by atoms with Crippen LogP contribution in [0, 0.1) is 0 Å². The third-order valence-electron chi connectivity index (χ3n) is 2.53. The first kappa shape index (κ1) is 15.2. The monoisotopic (exact) mass is 373 g/mol. The summed E-state index contributed by atoms with van der Waals surface area (Å²) >= 11 is 15.2. The summed E-state index contributed by atoms with van der Waals surface area (Å²) in [7, 11) is 0. The molecule has 104 valence electrons. The highest BCUT2D eigenvalue weighted by Crippen LogP contribution is 2.29. The van der Waals surface area contributed by atoms with Crippen LogP contribution in [0.15, 0.2) is 40.9 Å². The van der Waals surface area contributed by atoms with E-state index in [1.165, 1.54) is 12.1 Å². The number of nitrogens with two attached hydrogens (primary N) is 1. The second kappa shape index (κ2) is 6.48. The lowest BCUT2D eigenvalue weighted by atomic mass is 10.2.